The number of likely N-dealkylation sites (tertiary alicyclic amines) is 1. The van der Waals surface area contributed by atoms with Crippen LogP contribution < -0.4 is 5.73 Å². The number of hydrogen-bond donors (Lipinski definition) is 1. The monoisotopic (exact) mass is 503 g/mol. The molecule has 0 saturated carbocycles. The molecule has 0 aromatic carbocycles. The average molecular weight is 503 g/mol. The first-order valence-electron chi connectivity index (χ1n) is 10.6. The van der Waals surface area contributed by atoms with E-state index in [-0.39, 0.29) is 56.0 Å². The minimum absolute atomic E-state index is 0.0179. The first-order chi connectivity index (χ1) is 15.9. The fourth-order valence-corrected chi connectivity index (χ4v) is 4.81. The standard InChI is InChI=1S/C21H22F5N5O2S/c22-20(23)5-3-16(32)31(11-20)9-12(27)8-17(33)30-6-4-13-14(10-30)28-19(15-2-1-7-34-15)29-18(13)21(24,25)26/h1-2,7,12H,3-6,8-11,27H2. The number of nitrogens with zero attached hydrogens (tertiary/aromatic N) is 4. The zero-order valence-electron chi connectivity index (χ0n) is 17.9. The molecule has 1 fully saturated rings. The molecule has 2 aliphatic heterocycles. The third kappa shape index (κ3) is 5.35. The Hall–Kier alpha value is -2.67. The van der Waals surface area contributed by atoms with Crippen molar-refractivity contribution in [2.75, 3.05) is 19.6 Å². The third-order valence-corrected chi connectivity index (χ3v) is 6.66. The highest BCUT2D eigenvalue weighted by atomic mass is 32.1. The molecule has 1 saturated heterocycles. The molecule has 2 aliphatic rings. The van der Waals surface area contributed by atoms with Gasteiger partial charge in [-0.1, -0.05) is 6.07 Å². The molecule has 2 N–H and O–H groups in total. The van der Waals surface area contributed by atoms with Crippen molar-refractivity contribution in [1.29, 1.82) is 0 Å². The van der Waals surface area contributed by atoms with Gasteiger partial charge in [0.1, 0.15) is 0 Å². The number of hydrogen-bond acceptors (Lipinski definition) is 6. The lowest BCUT2D eigenvalue weighted by molar-refractivity contribution is -0.148. The SMILES string of the molecule is NC(CC(=O)N1CCc2c(nc(-c3cccs3)nc2C(F)(F)F)C1)CN1CC(F)(F)CCC1=O. The number of aromatic nitrogens is 2. The molecule has 7 nitrogen and oxygen atoms in total. The van der Waals surface area contributed by atoms with E-state index in [4.69, 9.17) is 5.73 Å². The Balaban J connectivity index is 1.47. The van der Waals surface area contributed by atoms with Gasteiger partial charge < -0.3 is 15.5 Å². The van der Waals surface area contributed by atoms with Crippen LogP contribution in [0.5, 0.6) is 0 Å². The summed E-state index contributed by atoms with van der Waals surface area (Å²) in [6.07, 6.45) is -5.79. The van der Waals surface area contributed by atoms with E-state index in [1.807, 2.05) is 0 Å². The summed E-state index contributed by atoms with van der Waals surface area (Å²) in [5, 5.41) is 1.70. The highest BCUT2D eigenvalue weighted by Crippen LogP contribution is 2.36. The second kappa shape index (κ2) is 9.17. The largest absolute Gasteiger partial charge is 0.433 e. The van der Waals surface area contributed by atoms with E-state index in [1.54, 1.807) is 17.5 Å². The normalized spacial score (nSPS) is 19.2. The van der Waals surface area contributed by atoms with E-state index in [0.717, 1.165) is 4.90 Å². The van der Waals surface area contributed by atoms with Crippen LogP contribution in [0.4, 0.5) is 22.0 Å². The molecule has 0 radical (unpaired) electrons. The molecular formula is C21H22F5N5O2S. The molecule has 0 spiro atoms. The Labute approximate surface area is 195 Å². The van der Waals surface area contributed by atoms with Crippen molar-refractivity contribution in [1.82, 2.24) is 19.8 Å². The van der Waals surface area contributed by atoms with Gasteiger partial charge in [-0.15, -0.1) is 11.3 Å². The molecule has 2 aromatic heterocycles. The van der Waals surface area contributed by atoms with Crippen LogP contribution in [0.1, 0.15) is 36.2 Å². The summed E-state index contributed by atoms with van der Waals surface area (Å²) in [7, 11) is 0. The topological polar surface area (TPSA) is 92.4 Å². The lowest BCUT2D eigenvalue weighted by Crippen LogP contribution is -2.51. The van der Waals surface area contributed by atoms with Crippen LogP contribution in [-0.2, 0) is 28.7 Å². The summed E-state index contributed by atoms with van der Waals surface area (Å²) in [5.74, 6) is -3.95. The number of carbonyl (C=O) groups excluding carboxylic acids is 2. The maximum atomic E-state index is 13.7. The van der Waals surface area contributed by atoms with Gasteiger partial charge in [-0.3, -0.25) is 9.59 Å². The number of carbonyl (C=O) groups is 2. The van der Waals surface area contributed by atoms with Crippen molar-refractivity contribution in [2.24, 2.45) is 5.73 Å². The Morgan fingerprint density at radius 2 is 2.03 bits per heavy atom. The molecule has 13 heteroatoms. The van der Waals surface area contributed by atoms with Crippen LogP contribution in [0.2, 0.25) is 0 Å². The zero-order valence-corrected chi connectivity index (χ0v) is 18.8. The first kappa shape index (κ1) is 24.5. The molecule has 0 bridgehead atoms. The smallest absolute Gasteiger partial charge is 0.336 e. The van der Waals surface area contributed by atoms with Crippen LogP contribution in [0.3, 0.4) is 0 Å². The molecule has 0 aliphatic carbocycles. The van der Waals surface area contributed by atoms with Gasteiger partial charge in [-0.2, -0.15) is 13.2 Å². The van der Waals surface area contributed by atoms with Crippen molar-refractivity contribution in [3.63, 3.8) is 0 Å². The highest BCUT2D eigenvalue weighted by molar-refractivity contribution is 7.13. The molecule has 34 heavy (non-hydrogen) atoms. The maximum absolute atomic E-state index is 13.7. The van der Waals surface area contributed by atoms with E-state index >= 15 is 0 Å². The molecule has 2 amide bonds. The second-order valence-corrected chi connectivity index (χ2v) is 9.40. The van der Waals surface area contributed by atoms with E-state index in [9.17, 15) is 31.5 Å². The van der Waals surface area contributed by atoms with Gasteiger partial charge in [0.2, 0.25) is 11.8 Å². The van der Waals surface area contributed by atoms with Gasteiger partial charge >= 0.3 is 6.18 Å². The van der Waals surface area contributed by atoms with Crippen molar-refractivity contribution in [3.8, 4) is 10.7 Å². The first-order valence-corrected chi connectivity index (χ1v) is 11.5. The van der Waals surface area contributed by atoms with E-state index in [2.05, 4.69) is 9.97 Å². The van der Waals surface area contributed by atoms with Crippen LogP contribution in [-0.4, -0.2) is 63.2 Å². The summed E-state index contributed by atoms with van der Waals surface area (Å²) in [4.78, 5) is 35.6. The number of alkyl halides is 5. The summed E-state index contributed by atoms with van der Waals surface area (Å²) in [6.45, 7) is -1.07. The lowest BCUT2D eigenvalue weighted by Gasteiger charge is -2.34. The summed E-state index contributed by atoms with van der Waals surface area (Å²) in [5.41, 5.74) is 5.04. The van der Waals surface area contributed by atoms with Gasteiger partial charge in [0.15, 0.2) is 11.5 Å². The zero-order chi connectivity index (χ0) is 24.7. The molecule has 4 heterocycles. The minimum atomic E-state index is -4.67. The summed E-state index contributed by atoms with van der Waals surface area (Å²) < 4.78 is 68.2. The fraction of sp³-hybridized carbons (Fsp3) is 0.524. The second-order valence-electron chi connectivity index (χ2n) is 8.46. The molecule has 1 atom stereocenters. The minimum Gasteiger partial charge on any atom is -0.336 e. The fourth-order valence-electron chi connectivity index (χ4n) is 4.16. The Kier molecular flexibility index (Phi) is 6.60. The molecular weight excluding hydrogens is 481 g/mol. The van der Waals surface area contributed by atoms with Crippen molar-refractivity contribution >= 4 is 23.2 Å². The third-order valence-electron chi connectivity index (χ3n) is 5.80. The van der Waals surface area contributed by atoms with Crippen LogP contribution in [0.25, 0.3) is 10.7 Å². The number of rotatable bonds is 5. The Morgan fingerprint density at radius 3 is 2.71 bits per heavy atom. The van der Waals surface area contributed by atoms with Gasteiger partial charge in [-0.05, 0) is 17.9 Å². The van der Waals surface area contributed by atoms with E-state index in [0.29, 0.717) is 4.88 Å². The molecule has 4 rings (SSSR count). The van der Waals surface area contributed by atoms with E-state index in [1.165, 1.54) is 16.2 Å². The highest BCUT2D eigenvalue weighted by Gasteiger charge is 2.41. The van der Waals surface area contributed by atoms with Gasteiger partial charge in [0.05, 0.1) is 23.7 Å². The van der Waals surface area contributed by atoms with Crippen LogP contribution >= 0.6 is 11.3 Å². The predicted molar refractivity (Wildman–Crippen MR) is 113 cm³/mol. The number of amides is 2. The number of nitrogens with two attached hydrogens (primary N) is 1. The van der Waals surface area contributed by atoms with Crippen LogP contribution in [0.15, 0.2) is 17.5 Å². The van der Waals surface area contributed by atoms with Crippen molar-refractivity contribution in [3.05, 3.63) is 34.5 Å². The predicted octanol–water partition coefficient (Wildman–Crippen LogP) is 3.08. The van der Waals surface area contributed by atoms with Crippen molar-refractivity contribution in [2.45, 2.75) is 50.4 Å². The number of thiophene rings is 1. The average Bonchev–Trinajstić information content (AvgIpc) is 3.29. The number of piperidine rings is 1. The quantitative estimate of drug-likeness (QED) is 0.634. The maximum Gasteiger partial charge on any atom is 0.433 e. The summed E-state index contributed by atoms with van der Waals surface area (Å²) in [6, 6.07) is 2.41. The van der Waals surface area contributed by atoms with E-state index < -0.39 is 48.6 Å². The van der Waals surface area contributed by atoms with Gasteiger partial charge in [0, 0.05) is 44.0 Å². The number of fused-ring (bicyclic) bond motifs is 1. The molecule has 1 unspecified atom stereocenters. The summed E-state index contributed by atoms with van der Waals surface area (Å²) >= 11 is 1.20. The lowest BCUT2D eigenvalue weighted by atomic mass is 10.0. The molecule has 184 valence electrons. The Morgan fingerprint density at radius 1 is 1.26 bits per heavy atom. The molecule has 2 aromatic rings. The van der Waals surface area contributed by atoms with Crippen LogP contribution in [0, 0.1) is 0 Å². The number of halogens is 5. The Bertz CT molecular complexity index is 1080. The van der Waals surface area contributed by atoms with Gasteiger partial charge in [0.25, 0.3) is 5.92 Å². The van der Waals surface area contributed by atoms with Crippen molar-refractivity contribution < 1.29 is 31.5 Å². The van der Waals surface area contributed by atoms with Gasteiger partial charge in [-0.25, -0.2) is 18.7 Å².